The van der Waals surface area contributed by atoms with Gasteiger partial charge in [0.15, 0.2) is 0 Å². The Balaban J connectivity index is 1.29. The minimum absolute atomic E-state index is 0.0687. The number of rotatable bonds is 9. The fourth-order valence-electron chi connectivity index (χ4n) is 5.06. The van der Waals surface area contributed by atoms with Crippen molar-refractivity contribution in [2.45, 2.75) is 89.9 Å². The van der Waals surface area contributed by atoms with Gasteiger partial charge < -0.3 is 23.8 Å². The van der Waals surface area contributed by atoms with E-state index in [2.05, 4.69) is 0 Å². The Labute approximate surface area is 226 Å². The molecular formula is C31H41NO6. The first-order chi connectivity index (χ1) is 18.3. The summed E-state index contributed by atoms with van der Waals surface area (Å²) < 4.78 is 23.7. The minimum atomic E-state index is -0.468. The summed E-state index contributed by atoms with van der Waals surface area (Å²) in [6.07, 6.45) is 3.47. The van der Waals surface area contributed by atoms with Gasteiger partial charge in [0.25, 0.3) is 0 Å². The smallest absolute Gasteiger partial charge is 0.410 e. The maximum atomic E-state index is 13.1. The third-order valence-electron chi connectivity index (χ3n) is 7.08. The molecule has 0 aromatic heterocycles. The average Bonchev–Trinajstić information content (AvgIpc) is 3.33. The van der Waals surface area contributed by atoms with Crippen molar-refractivity contribution in [3.63, 3.8) is 0 Å². The molecule has 2 atom stereocenters. The molecule has 0 bridgehead atoms. The van der Waals surface area contributed by atoms with Crippen molar-refractivity contribution in [3.8, 4) is 0 Å². The quantitative estimate of drug-likeness (QED) is 0.381. The SMILES string of the molecule is CC(C)(C)OC(=O)C1CCC(OC[C@@H]2C[C@H](OCc3ccccc3)CN2C(=O)OCc2ccccc2)CC1. The van der Waals surface area contributed by atoms with Gasteiger partial charge in [-0.3, -0.25) is 4.79 Å². The molecule has 2 aromatic rings. The van der Waals surface area contributed by atoms with Gasteiger partial charge in [0.05, 0.1) is 43.9 Å². The number of benzene rings is 2. The van der Waals surface area contributed by atoms with Crippen LogP contribution in [0.3, 0.4) is 0 Å². The highest BCUT2D eigenvalue weighted by Crippen LogP contribution is 2.30. The third kappa shape index (κ3) is 8.57. The summed E-state index contributed by atoms with van der Waals surface area (Å²) in [6, 6.07) is 19.6. The van der Waals surface area contributed by atoms with Gasteiger partial charge in [0.1, 0.15) is 12.2 Å². The third-order valence-corrected chi connectivity index (χ3v) is 7.08. The molecule has 1 saturated carbocycles. The van der Waals surface area contributed by atoms with Crippen molar-refractivity contribution in [2.75, 3.05) is 13.2 Å². The van der Waals surface area contributed by atoms with E-state index in [9.17, 15) is 9.59 Å². The Kier molecular flexibility index (Phi) is 9.80. The van der Waals surface area contributed by atoms with E-state index in [4.69, 9.17) is 18.9 Å². The van der Waals surface area contributed by atoms with Crippen LogP contribution in [0.1, 0.15) is 64.0 Å². The number of esters is 1. The molecule has 38 heavy (non-hydrogen) atoms. The van der Waals surface area contributed by atoms with Crippen molar-refractivity contribution in [2.24, 2.45) is 5.92 Å². The lowest BCUT2D eigenvalue weighted by Gasteiger charge is -2.31. The highest BCUT2D eigenvalue weighted by molar-refractivity contribution is 5.73. The fraction of sp³-hybridized carbons (Fsp3) is 0.548. The van der Waals surface area contributed by atoms with Crippen molar-refractivity contribution >= 4 is 12.1 Å². The van der Waals surface area contributed by atoms with E-state index in [1.54, 1.807) is 4.90 Å². The number of nitrogens with zero attached hydrogens (tertiary/aromatic N) is 1. The summed E-state index contributed by atoms with van der Waals surface area (Å²) in [7, 11) is 0. The summed E-state index contributed by atoms with van der Waals surface area (Å²) in [5.74, 6) is -0.182. The summed E-state index contributed by atoms with van der Waals surface area (Å²) >= 11 is 0. The van der Waals surface area contributed by atoms with E-state index in [0.717, 1.165) is 36.8 Å². The van der Waals surface area contributed by atoms with Crippen molar-refractivity contribution in [3.05, 3.63) is 71.8 Å². The number of hydrogen-bond donors (Lipinski definition) is 0. The number of amides is 1. The number of ether oxygens (including phenoxy) is 4. The van der Waals surface area contributed by atoms with Gasteiger partial charge in [0, 0.05) is 0 Å². The Morgan fingerprint density at radius 3 is 2.03 bits per heavy atom. The maximum Gasteiger partial charge on any atom is 0.410 e. The molecule has 7 nitrogen and oxygen atoms in total. The number of carbonyl (C=O) groups is 2. The van der Waals surface area contributed by atoms with Crippen LogP contribution in [-0.4, -0.2) is 54.0 Å². The topological polar surface area (TPSA) is 74.3 Å². The molecule has 1 aliphatic heterocycles. The highest BCUT2D eigenvalue weighted by atomic mass is 16.6. The number of hydrogen-bond acceptors (Lipinski definition) is 6. The Morgan fingerprint density at radius 1 is 0.816 bits per heavy atom. The second kappa shape index (κ2) is 13.3. The summed E-state index contributed by atoms with van der Waals surface area (Å²) in [4.78, 5) is 27.3. The molecule has 1 saturated heterocycles. The molecule has 1 amide bonds. The molecule has 1 heterocycles. The lowest BCUT2D eigenvalue weighted by molar-refractivity contribution is -0.162. The van der Waals surface area contributed by atoms with E-state index in [1.807, 2.05) is 81.4 Å². The molecule has 0 spiro atoms. The maximum absolute atomic E-state index is 13.1. The monoisotopic (exact) mass is 523 g/mol. The molecule has 4 rings (SSSR count). The zero-order valence-electron chi connectivity index (χ0n) is 22.8. The van der Waals surface area contributed by atoms with E-state index in [1.165, 1.54) is 0 Å². The zero-order chi connectivity index (χ0) is 27.0. The molecule has 206 valence electrons. The van der Waals surface area contributed by atoms with Crippen LogP contribution in [0.4, 0.5) is 4.79 Å². The Morgan fingerprint density at radius 2 is 1.42 bits per heavy atom. The first-order valence-corrected chi connectivity index (χ1v) is 13.7. The fourth-order valence-corrected chi connectivity index (χ4v) is 5.06. The van der Waals surface area contributed by atoms with Crippen LogP contribution in [0.5, 0.6) is 0 Å². The molecule has 2 aliphatic rings. The average molecular weight is 524 g/mol. The van der Waals surface area contributed by atoms with Crippen LogP contribution in [0.25, 0.3) is 0 Å². The van der Waals surface area contributed by atoms with Gasteiger partial charge in [-0.2, -0.15) is 0 Å². The zero-order valence-corrected chi connectivity index (χ0v) is 22.8. The van der Waals surface area contributed by atoms with Crippen LogP contribution in [0.15, 0.2) is 60.7 Å². The van der Waals surface area contributed by atoms with Crippen molar-refractivity contribution < 1.29 is 28.5 Å². The first-order valence-electron chi connectivity index (χ1n) is 13.7. The van der Waals surface area contributed by atoms with Crippen LogP contribution < -0.4 is 0 Å². The Bertz CT molecular complexity index is 1010. The largest absolute Gasteiger partial charge is 0.460 e. The van der Waals surface area contributed by atoms with Crippen LogP contribution in [0, 0.1) is 5.92 Å². The first kappa shape index (κ1) is 28.1. The summed E-state index contributed by atoms with van der Waals surface area (Å²) in [5, 5.41) is 0. The standard InChI is InChI=1S/C31H41NO6/c1-31(2,3)38-29(33)25-14-16-27(17-15-25)36-22-26-18-28(35-20-23-10-6-4-7-11-23)19-32(26)30(34)37-21-24-12-8-5-9-13-24/h4-13,25-28H,14-22H2,1-3H3/t25?,26-,27?,28-/m0/s1. The molecule has 2 fully saturated rings. The lowest BCUT2D eigenvalue weighted by atomic mass is 9.87. The predicted molar refractivity (Wildman–Crippen MR) is 144 cm³/mol. The van der Waals surface area contributed by atoms with Crippen LogP contribution in [0.2, 0.25) is 0 Å². The molecule has 0 radical (unpaired) electrons. The molecule has 7 heteroatoms. The second-order valence-corrected chi connectivity index (χ2v) is 11.3. The van der Waals surface area contributed by atoms with Gasteiger partial charge in [-0.15, -0.1) is 0 Å². The van der Waals surface area contributed by atoms with E-state index in [0.29, 0.717) is 26.2 Å². The van der Waals surface area contributed by atoms with Gasteiger partial charge in [-0.05, 0) is 64.0 Å². The highest BCUT2D eigenvalue weighted by Gasteiger charge is 2.38. The molecule has 2 aromatic carbocycles. The molecule has 1 aliphatic carbocycles. The molecule has 0 unspecified atom stereocenters. The van der Waals surface area contributed by atoms with Crippen molar-refractivity contribution in [1.82, 2.24) is 4.90 Å². The van der Waals surface area contributed by atoms with Gasteiger partial charge in [0.2, 0.25) is 0 Å². The minimum Gasteiger partial charge on any atom is -0.460 e. The Hall–Kier alpha value is -2.90. The van der Waals surface area contributed by atoms with E-state index >= 15 is 0 Å². The summed E-state index contributed by atoms with van der Waals surface area (Å²) in [5.41, 5.74) is 1.59. The van der Waals surface area contributed by atoms with Gasteiger partial charge in [-0.1, -0.05) is 60.7 Å². The molecule has 0 N–H and O–H groups in total. The number of carbonyl (C=O) groups excluding carboxylic acids is 2. The van der Waals surface area contributed by atoms with E-state index in [-0.39, 0.29) is 42.8 Å². The molecular weight excluding hydrogens is 482 g/mol. The van der Waals surface area contributed by atoms with Gasteiger partial charge >= 0.3 is 12.1 Å². The second-order valence-electron chi connectivity index (χ2n) is 11.3. The summed E-state index contributed by atoms with van der Waals surface area (Å²) in [6.45, 7) is 7.32. The number of likely N-dealkylation sites (tertiary alicyclic amines) is 1. The van der Waals surface area contributed by atoms with Crippen LogP contribution >= 0.6 is 0 Å². The van der Waals surface area contributed by atoms with E-state index < -0.39 is 5.60 Å². The predicted octanol–water partition coefficient (Wildman–Crippen LogP) is 5.90. The van der Waals surface area contributed by atoms with Gasteiger partial charge in [-0.25, -0.2) is 4.79 Å². The normalized spacial score (nSPS) is 23.7. The lowest BCUT2D eigenvalue weighted by Crippen LogP contribution is -2.40. The van der Waals surface area contributed by atoms with Crippen molar-refractivity contribution in [1.29, 1.82) is 0 Å². The van der Waals surface area contributed by atoms with Crippen LogP contribution in [-0.2, 0) is 37.0 Å².